The van der Waals surface area contributed by atoms with Gasteiger partial charge in [0.15, 0.2) is 0 Å². The van der Waals surface area contributed by atoms with Crippen molar-refractivity contribution in [1.29, 1.82) is 0 Å². The van der Waals surface area contributed by atoms with Crippen LogP contribution < -0.4 is 5.32 Å². The highest BCUT2D eigenvalue weighted by Gasteiger charge is 2.05. The summed E-state index contributed by atoms with van der Waals surface area (Å²) in [6.07, 6.45) is 5.38. The van der Waals surface area contributed by atoms with Gasteiger partial charge in [-0.3, -0.25) is 0 Å². The monoisotopic (exact) mass is 255 g/mol. The van der Waals surface area contributed by atoms with E-state index in [9.17, 15) is 0 Å². The predicted octanol–water partition coefficient (Wildman–Crippen LogP) is 4.49. The molecule has 0 heterocycles. The van der Waals surface area contributed by atoms with E-state index in [1.165, 1.54) is 5.56 Å². The summed E-state index contributed by atoms with van der Waals surface area (Å²) in [5, 5.41) is 4.16. The molecule has 0 bridgehead atoms. The number of benzene rings is 2. The minimum absolute atomic E-state index is 0.204. The van der Waals surface area contributed by atoms with E-state index in [1.54, 1.807) is 0 Å². The summed E-state index contributed by atoms with van der Waals surface area (Å²) in [7, 11) is 0. The number of terminal acetylenes is 1. The van der Waals surface area contributed by atoms with Crippen molar-refractivity contribution >= 4 is 17.3 Å². The van der Waals surface area contributed by atoms with Crippen molar-refractivity contribution in [2.45, 2.75) is 13.0 Å². The SMILES string of the molecule is C#Cc1cccc(NC(C)c2ccc(Cl)cc2)c1. The van der Waals surface area contributed by atoms with Gasteiger partial charge in [-0.15, -0.1) is 6.42 Å². The minimum Gasteiger partial charge on any atom is -0.378 e. The Balaban J connectivity index is 2.13. The second kappa shape index (κ2) is 5.62. The van der Waals surface area contributed by atoms with Gasteiger partial charge >= 0.3 is 0 Å². The highest BCUT2D eigenvalue weighted by molar-refractivity contribution is 6.30. The third kappa shape index (κ3) is 3.06. The molecule has 2 heteroatoms. The normalized spacial score (nSPS) is 11.6. The zero-order valence-electron chi connectivity index (χ0n) is 10.2. The summed E-state index contributed by atoms with van der Waals surface area (Å²) in [6.45, 7) is 2.10. The highest BCUT2D eigenvalue weighted by atomic mass is 35.5. The number of nitrogens with one attached hydrogen (secondary N) is 1. The van der Waals surface area contributed by atoms with E-state index in [1.807, 2.05) is 48.5 Å². The fourth-order valence-corrected chi connectivity index (χ4v) is 1.91. The van der Waals surface area contributed by atoms with E-state index in [0.29, 0.717) is 0 Å². The molecule has 1 N–H and O–H groups in total. The first-order valence-electron chi connectivity index (χ1n) is 5.78. The van der Waals surface area contributed by atoms with Gasteiger partial charge in [-0.2, -0.15) is 0 Å². The minimum atomic E-state index is 0.204. The number of anilines is 1. The lowest BCUT2D eigenvalue weighted by Crippen LogP contribution is -2.06. The van der Waals surface area contributed by atoms with Crippen molar-refractivity contribution in [2.24, 2.45) is 0 Å². The van der Waals surface area contributed by atoms with Gasteiger partial charge in [-0.05, 0) is 42.8 Å². The van der Waals surface area contributed by atoms with Gasteiger partial charge in [0.1, 0.15) is 0 Å². The second-order valence-corrected chi connectivity index (χ2v) is 4.58. The van der Waals surface area contributed by atoms with Crippen LogP contribution in [-0.2, 0) is 0 Å². The molecule has 0 fully saturated rings. The lowest BCUT2D eigenvalue weighted by atomic mass is 10.1. The third-order valence-corrected chi connectivity index (χ3v) is 3.03. The maximum atomic E-state index is 5.87. The maximum absolute atomic E-state index is 5.87. The molecule has 0 aliphatic carbocycles. The Labute approximate surface area is 113 Å². The van der Waals surface area contributed by atoms with Crippen LogP contribution in [0.2, 0.25) is 5.02 Å². The van der Waals surface area contributed by atoms with E-state index >= 15 is 0 Å². The smallest absolute Gasteiger partial charge is 0.0485 e. The number of halogens is 1. The standard InChI is InChI=1S/C16H14ClN/c1-3-13-5-4-6-16(11-13)18-12(2)14-7-9-15(17)10-8-14/h1,4-12,18H,2H3. The lowest BCUT2D eigenvalue weighted by molar-refractivity contribution is 0.885. The summed E-state index contributed by atoms with van der Waals surface area (Å²) >= 11 is 5.87. The van der Waals surface area contributed by atoms with E-state index in [-0.39, 0.29) is 6.04 Å². The van der Waals surface area contributed by atoms with E-state index in [4.69, 9.17) is 18.0 Å². The average Bonchev–Trinajstić information content (AvgIpc) is 2.39. The first-order valence-corrected chi connectivity index (χ1v) is 6.15. The first kappa shape index (κ1) is 12.5. The molecule has 0 radical (unpaired) electrons. The van der Waals surface area contributed by atoms with Crippen LogP contribution in [0.25, 0.3) is 0 Å². The molecule has 0 aliphatic rings. The first-order chi connectivity index (χ1) is 8.69. The molecule has 1 nitrogen and oxygen atoms in total. The Morgan fingerprint density at radius 2 is 1.89 bits per heavy atom. The summed E-state index contributed by atoms with van der Waals surface area (Å²) < 4.78 is 0. The molecule has 0 saturated carbocycles. The van der Waals surface area contributed by atoms with Crippen molar-refractivity contribution in [3.05, 3.63) is 64.7 Å². The molecule has 2 aromatic carbocycles. The van der Waals surface area contributed by atoms with Crippen molar-refractivity contribution in [2.75, 3.05) is 5.32 Å². The van der Waals surface area contributed by atoms with Gasteiger partial charge in [0.25, 0.3) is 0 Å². The van der Waals surface area contributed by atoms with Crippen LogP contribution in [0.5, 0.6) is 0 Å². The van der Waals surface area contributed by atoms with Gasteiger partial charge in [0, 0.05) is 22.3 Å². The third-order valence-electron chi connectivity index (χ3n) is 2.78. The Morgan fingerprint density at radius 3 is 2.56 bits per heavy atom. The van der Waals surface area contributed by atoms with Crippen LogP contribution in [0.1, 0.15) is 24.1 Å². The number of hydrogen-bond donors (Lipinski definition) is 1. The fraction of sp³-hybridized carbons (Fsp3) is 0.125. The Hall–Kier alpha value is -1.91. The molecule has 0 amide bonds. The van der Waals surface area contributed by atoms with E-state index < -0.39 is 0 Å². The zero-order valence-corrected chi connectivity index (χ0v) is 10.9. The van der Waals surface area contributed by atoms with Gasteiger partial charge in [-0.1, -0.05) is 35.7 Å². The molecule has 0 aliphatic heterocycles. The van der Waals surface area contributed by atoms with Gasteiger partial charge in [0.2, 0.25) is 0 Å². The van der Waals surface area contributed by atoms with Crippen molar-refractivity contribution in [3.63, 3.8) is 0 Å². The Bertz CT molecular complexity index is 566. The molecule has 2 aromatic rings. The molecular weight excluding hydrogens is 242 g/mol. The average molecular weight is 256 g/mol. The van der Waals surface area contributed by atoms with Crippen molar-refractivity contribution in [1.82, 2.24) is 0 Å². The van der Waals surface area contributed by atoms with E-state index in [0.717, 1.165) is 16.3 Å². The molecule has 0 aromatic heterocycles. The van der Waals surface area contributed by atoms with E-state index in [2.05, 4.69) is 18.2 Å². The molecule has 0 spiro atoms. The quantitative estimate of drug-likeness (QED) is 0.797. The van der Waals surface area contributed by atoms with Crippen LogP contribution in [0.4, 0.5) is 5.69 Å². The Morgan fingerprint density at radius 1 is 1.17 bits per heavy atom. The number of rotatable bonds is 3. The maximum Gasteiger partial charge on any atom is 0.0485 e. The summed E-state index contributed by atoms with van der Waals surface area (Å²) in [4.78, 5) is 0. The molecule has 18 heavy (non-hydrogen) atoms. The molecule has 1 unspecified atom stereocenters. The van der Waals surface area contributed by atoms with Crippen LogP contribution in [0.3, 0.4) is 0 Å². The van der Waals surface area contributed by atoms with Crippen LogP contribution in [0.15, 0.2) is 48.5 Å². The molecule has 2 rings (SSSR count). The van der Waals surface area contributed by atoms with Crippen molar-refractivity contribution < 1.29 is 0 Å². The molecule has 90 valence electrons. The molecule has 0 saturated heterocycles. The molecular formula is C16H14ClN. The van der Waals surface area contributed by atoms with Crippen LogP contribution in [-0.4, -0.2) is 0 Å². The number of hydrogen-bond acceptors (Lipinski definition) is 1. The zero-order chi connectivity index (χ0) is 13.0. The largest absolute Gasteiger partial charge is 0.378 e. The fourth-order valence-electron chi connectivity index (χ4n) is 1.78. The van der Waals surface area contributed by atoms with Crippen molar-refractivity contribution in [3.8, 4) is 12.3 Å². The summed E-state index contributed by atoms with van der Waals surface area (Å²) in [6, 6.07) is 15.9. The highest BCUT2D eigenvalue weighted by Crippen LogP contribution is 2.21. The van der Waals surface area contributed by atoms with Crippen LogP contribution in [0, 0.1) is 12.3 Å². The molecule has 1 atom stereocenters. The van der Waals surface area contributed by atoms with Gasteiger partial charge in [0.05, 0.1) is 0 Å². The topological polar surface area (TPSA) is 12.0 Å². The second-order valence-electron chi connectivity index (χ2n) is 4.14. The Kier molecular flexibility index (Phi) is 3.92. The van der Waals surface area contributed by atoms with Gasteiger partial charge < -0.3 is 5.32 Å². The predicted molar refractivity (Wildman–Crippen MR) is 77.9 cm³/mol. The van der Waals surface area contributed by atoms with Crippen LogP contribution >= 0.6 is 11.6 Å². The summed E-state index contributed by atoms with van der Waals surface area (Å²) in [5.74, 6) is 2.63. The summed E-state index contributed by atoms with van der Waals surface area (Å²) in [5.41, 5.74) is 3.08. The van der Waals surface area contributed by atoms with Gasteiger partial charge in [-0.25, -0.2) is 0 Å². The lowest BCUT2D eigenvalue weighted by Gasteiger charge is -2.16.